The minimum Gasteiger partial charge on any atom is -0.376 e. The average Bonchev–Trinajstić information content (AvgIpc) is 3.44. The van der Waals surface area contributed by atoms with Crippen molar-refractivity contribution < 1.29 is 0 Å². The third kappa shape index (κ3) is 2.28. The van der Waals surface area contributed by atoms with Gasteiger partial charge in [-0.15, -0.1) is 0 Å². The molecule has 4 heteroatoms. The quantitative estimate of drug-likeness (QED) is 0.277. The molecule has 0 atom stereocenters. The van der Waals surface area contributed by atoms with Gasteiger partial charge in [0.15, 0.2) is 0 Å². The van der Waals surface area contributed by atoms with Crippen molar-refractivity contribution in [1.29, 1.82) is 5.26 Å². The lowest BCUT2D eigenvalue weighted by atomic mass is 9.47. The Kier molecular flexibility index (Phi) is 3.75. The standard InChI is InChI=1S/C32H20BN3/c1-20-9-8-12-24-23-11-3-6-15-28(23)36(31(20)24)33-26-13-4-7-16-29(26)35-27-14-5-2-10-22(27)25-18-17-21(19-34)30(33)32(25)35/h2-18H,1H3. The molecule has 2 aromatic heterocycles. The molecule has 0 fully saturated rings. The maximum Gasteiger partial charge on any atom is 0.333 e. The van der Waals surface area contributed by atoms with E-state index >= 15 is 0 Å². The fourth-order valence-electron chi connectivity index (χ4n) is 6.55. The number of aryl methyl sites for hydroxylation is 1. The molecule has 166 valence electrons. The molecule has 1 aliphatic rings. The Balaban J connectivity index is 1.66. The summed E-state index contributed by atoms with van der Waals surface area (Å²) in [7, 11) is 0. The van der Waals surface area contributed by atoms with E-state index in [1.54, 1.807) is 0 Å². The van der Waals surface area contributed by atoms with Crippen LogP contribution in [-0.4, -0.2) is 15.9 Å². The minimum atomic E-state index is -0.125. The lowest BCUT2D eigenvalue weighted by molar-refractivity contribution is 1.18. The van der Waals surface area contributed by atoms with Crippen molar-refractivity contribution >= 4 is 61.4 Å². The van der Waals surface area contributed by atoms with Crippen molar-refractivity contribution in [1.82, 2.24) is 9.05 Å². The number of hydrogen-bond donors (Lipinski definition) is 0. The van der Waals surface area contributed by atoms with Gasteiger partial charge in [0, 0.05) is 38.3 Å². The maximum atomic E-state index is 10.4. The van der Waals surface area contributed by atoms with E-state index in [1.807, 2.05) is 6.07 Å². The Morgan fingerprint density at radius 2 is 1.31 bits per heavy atom. The van der Waals surface area contributed by atoms with Crippen LogP contribution in [0.1, 0.15) is 11.1 Å². The summed E-state index contributed by atoms with van der Waals surface area (Å²) in [4.78, 5) is 0. The molecule has 0 aliphatic carbocycles. The topological polar surface area (TPSA) is 33.6 Å². The van der Waals surface area contributed by atoms with Crippen molar-refractivity contribution in [2.45, 2.75) is 6.92 Å². The molecular formula is C32H20BN3. The zero-order valence-corrected chi connectivity index (χ0v) is 19.7. The van der Waals surface area contributed by atoms with Crippen LogP contribution < -0.4 is 10.9 Å². The van der Waals surface area contributed by atoms with Gasteiger partial charge in [-0.1, -0.05) is 78.9 Å². The number of nitrogens with zero attached hydrogens (tertiary/aromatic N) is 3. The molecule has 3 nitrogen and oxygen atoms in total. The molecule has 0 spiro atoms. The fourth-order valence-corrected chi connectivity index (χ4v) is 6.55. The molecule has 0 amide bonds. The summed E-state index contributed by atoms with van der Waals surface area (Å²) in [5.41, 5.74) is 10.2. The normalized spacial score (nSPS) is 12.5. The van der Waals surface area contributed by atoms with Gasteiger partial charge in [-0.2, -0.15) is 5.26 Å². The van der Waals surface area contributed by atoms with Gasteiger partial charge in [0.2, 0.25) is 0 Å². The van der Waals surface area contributed by atoms with Gasteiger partial charge >= 0.3 is 6.85 Å². The Morgan fingerprint density at radius 3 is 2.14 bits per heavy atom. The van der Waals surface area contributed by atoms with E-state index in [-0.39, 0.29) is 6.85 Å². The SMILES string of the molecule is Cc1cccc2c3ccccc3n(B3c4ccccc4-n4c5ccccc5c5ccc(C#N)c3c54)c12. The molecule has 5 aromatic carbocycles. The van der Waals surface area contributed by atoms with Crippen LogP contribution in [0, 0.1) is 18.3 Å². The summed E-state index contributed by atoms with van der Waals surface area (Å²) >= 11 is 0. The fraction of sp³-hybridized carbons (Fsp3) is 0.0312. The summed E-state index contributed by atoms with van der Waals surface area (Å²) < 4.78 is 4.85. The predicted octanol–water partition coefficient (Wildman–Crippen LogP) is 6.04. The molecule has 36 heavy (non-hydrogen) atoms. The minimum absolute atomic E-state index is 0.125. The Hall–Kier alpha value is -4.75. The van der Waals surface area contributed by atoms with E-state index in [4.69, 9.17) is 0 Å². The number of benzene rings is 5. The van der Waals surface area contributed by atoms with Crippen molar-refractivity contribution in [2.24, 2.45) is 0 Å². The first kappa shape index (κ1) is 19.5. The van der Waals surface area contributed by atoms with Crippen LogP contribution >= 0.6 is 0 Å². The lowest BCUT2D eigenvalue weighted by Gasteiger charge is -2.29. The third-order valence-electron chi connectivity index (χ3n) is 7.93. The highest BCUT2D eigenvalue weighted by atomic mass is 15.0. The molecule has 0 radical (unpaired) electrons. The maximum absolute atomic E-state index is 10.4. The van der Waals surface area contributed by atoms with Gasteiger partial charge in [0.25, 0.3) is 0 Å². The molecule has 0 bridgehead atoms. The highest BCUT2D eigenvalue weighted by Gasteiger charge is 2.38. The van der Waals surface area contributed by atoms with Crippen LogP contribution in [-0.2, 0) is 0 Å². The molecule has 3 heterocycles. The second-order valence-corrected chi connectivity index (χ2v) is 9.71. The van der Waals surface area contributed by atoms with Gasteiger partial charge in [-0.3, -0.25) is 0 Å². The van der Waals surface area contributed by atoms with Crippen LogP contribution in [0.4, 0.5) is 0 Å². The summed E-state index contributed by atoms with van der Waals surface area (Å²) in [5, 5.41) is 15.3. The summed E-state index contributed by atoms with van der Waals surface area (Å²) in [6.45, 7) is 2.06. The second-order valence-electron chi connectivity index (χ2n) is 9.71. The molecular weight excluding hydrogens is 437 g/mol. The van der Waals surface area contributed by atoms with Crippen LogP contribution in [0.25, 0.3) is 49.3 Å². The van der Waals surface area contributed by atoms with Crippen molar-refractivity contribution in [3.63, 3.8) is 0 Å². The molecule has 0 saturated carbocycles. The van der Waals surface area contributed by atoms with E-state index in [2.05, 4.69) is 119 Å². The first-order valence-electron chi connectivity index (χ1n) is 12.3. The zero-order valence-electron chi connectivity index (χ0n) is 19.7. The van der Waals surface area contributed by atoms with Gasteiger partial charge in [0.1, 0.15) is 0 Å². The molecule has 0 unspecified atom stereocenters. The number of rotatable bonds is 1. The average molecular weight is 457 g/mol. The third-order valence-corrected chi connectivity index (χ3v) is 7.93. The summed E-state index contributed by atoms with van der Waals surface area (Å²) in [5.74, 6) is 0. The first-order valence-corrected chi connectivity index (χ1v) is 12.3. The highest BCUT2D eigenvalue weighted by Crippen LogP contribution is 2.36. The van der Waals surface area contributed by atoms with E-state index in [1.165, 1.54) is 54.8 Å². The summed E-state index contributed by atoms with van der Waals surface area (Å²) in [6, 6.07) is 39.2. The number of para-hydroxylation sites is 4. The smallest absolute Gasteiger partial charge is 0.333 e. The van der Waals surface area contributed by atoms with E-state index in [9.17, 15) is 5.26 Å². The molecule has 0 saturated heterocycles. The monoisotopic (exact) mass is 457 g/mol. The van der Waals surface area contributed by atoms with E-state index < -0.39 is 0 Å². The van der Waals surface area contributed by atoms with Crippen LogP contribution in [0.2, 0.25) is 0 Å². The highest BCUT2D eigenvalue weighted by molar-refractivity contribution is 6.88. The molecule has 1 aliphatic heterocycles. The van der Waals surface area contributed by atoms with Crippen molar-refractivity contribution in [3.8, 4) is 11.8 Å². The van der Waals surface area contributed by atoms with Crippen LogP contribution in [0.5, 0.6) is 0 Å². The zero-order chi connectivity index (χ0) is 24.0. The Labute approximate surface area is 208 Å². The summed E-state index contributed by atoms with van der Waals surface area (Å²) in [6.07, 6.45) is 0. The van der Waals surface area contributed by atoms with Crippen LogP contribution in [0.3, 0.4) is 0 Å². The molecule has 0 N–H and O–H groups in total. The van der Waals surface area contributed by atoms with Crippen molar-refractivity contribution in [2.75, 3.05) is 0 Å². The van der Waals surface area contributed by atoms with E-state index in [0.717, 1.165) is 16.5 Å². The largest absolute Gasteiger partial charge is 0.376 e. The van der Waals surface area contributed by atoms with E-state index in [0.29, 0.717) is 0 Å². The second kappa shape index (κ2) is 6.90. The van der Waals surface area contributed by atoms with Gasteiger partial charge < -0.3 is 9.05 Å². The Morgan fingerprint density at radius 1 is 0.639 bits per heavy atom. The molecule has 8 rings (SSSR count). The van der Waals surface area contributed by atoms with Gasteiger partial charge in [0.05, 0.1) is 22.7 Å². The number of hydrogen-bond acceptors (Lipinski definition) is 1. The van der Waals surface area contributed by atoms with Crippen LogP contribution in [0.15, 0.2) is 103 Å². The van der Waals surface area contributed by atoms with Gasteiger partial charge in [-0.05, 0) is 47.7 Å². The number of nitriles is 1. The molecule has 7 aromatic rings. The number of aromatic nitrogens is 2. The lowest BCUT2D eigenvalue weighted by Crippen LogP contribution is -2.54. The first-order chi connectivity index (χ1) is 17.8. The van der Waals surface area contributed by atoms with Crippen molar-refractivity contribution in [3.05, 3.63) is 114 Å². The predicted molar refractivity (Wildman–Crippen MR) is 150 cm³/mol. The van der Waals surface area contributed by atoms with Gasteiger partial charge in [-0.25, -0.2) is 0 Å². The number of fused-ring (bicyclic) bond motifs is 8. The Bertz CT molecular complexity index is 2090.